The van der Waals surface area contributed by atoms with E-state index in [-0.39, 0.29) is 17.8 Å². The van der Waals surface area contributed by atoms with Gasteiger partial charge in [-0.1, -0.05) is 49.2 Å². The molecule has 1 aliphatic heterocycles. The maximum absolute atomic E-state index is 13.9. The van der Waals surface area contributed by atoms with Crippen LogP contribution in [0.2, 0.25) is 5.02 Å². The van der Waals surface area contributed by atoms with Gasteiger partial charge in [-0.05, 0) is 36.2 Å². The van der Waals surface area contributed by atoms with Gasteiger partial charge in [0.2, 0.25) is 0 Å². The first-order valence-corrected chi connectivity index (χ1v) is 9.38. The third-order valence-corrected chi connectivity index (χ3v) is 5.15. The van der Waals surface area contributed by atoms with Crippen molar-refractivity contribution in [2.24, 2.45) is 0 Å². The highest BCUT2D eigenvalue weighted by Crippen LogP contribution is 2.43. The van der Waals surface area contributed by atoms with E-state index in [0.717, 1.165) is 29.5 Å². The normalized spacial score (nSPS) is 16.0. The molecule has 1 unspecified atom stereocenters. The topological polar surface area (TPSA) is 49.0 Å². The van der Waals surface area contributed by atoms with Crippen molar-refractivity contribution in [3.05, 3.63) is 76.2 Å². The standard InChI is InChI=1S/C21H19ClFN3O/c1-2-3-11-26-20(14-5-4-6-16(23)12-14)17-18(24-25-19(17)21(26)27)13-7-9-15(22)10-8-13/h4-10,12,20H,2-3,11H2,1H3,(H,24,25). The highest BCUT2D eigenvalue weighted by Gasteiger charge is 2.41. The lowest BCUT2D eigenvalue weighted by atomic mass is 9.96. The fourth-order valence-corrected chi connectivity index (χ4v) is 3.73. The summed E-state index contributed by atoms with van der Waals surface area (Å²) in [5, 5.41) is 7.93. The van der Waals surface area contributed by atoms with Crippen molar-refractivity contribution < 1.29 is 9.18 Å². The fourth-order valence-electron chi connectivity index (χ4n) is 3.61. The zero-order chi connectivity index (χ0) is 19.0. The molecule has 2 aromatic carbocycles. The number of aromatic nitrogens is 2. The molecule has 2 heterocycles. The molecule has 0 saturated carbocycles. The average molecular weight is 384 g/mol. The zero-order valence-corrected chi connectivity index (χ0v) is 15.6. The molecule has 1 aromatic heterocycles. The van der Waals surface area contributed by atoms with E-state index < -0.39 is 0 Å². The van der Waals surface area contributed by atoms with Crippen LogP contribution in [0, 0.1) is 5.82 Å². The molecule has 138 valence electrons. The molecule has 0 bridgehead atoms. The van der Waals surface area contributed by atoms with Crippen molar-refractivity contribution >= 4 is 17.5 Å². The quantitative estimate of drug-likeness (QED) is 0.657. The van der Waals surface area contributed by atoms with Gasteiger partial charge < -0.3 is 4.90 Å². The lowest BCUT2D eigenvalue weighted by Crippen LogP contribution is -2.30. The van der Waals surface area contributed by atoms with E-state index >= 15 is 0 Å². The number of halogens is 2. The molecule has 0 saturated heterocycles. The van der Waals surface area contributed by atoms with Gasteiger partial charge in [0.1, 0.15) is 11.5 Å². The molecule has 6 heteroatoms. The van der Waals surface area contributed by atoms with Crippen LogP contribution >= 0.6 is 11.6 Å². The van der Waals surface area contributed by atoms with Gasteiger partial charge >= 0.3 is 0 Å². The van der Waals surface area contributed by atoms with Gasteiger partial charge in [-0.2, -0.15) is 5.10 Å². The van der Waals surface area contributed by atoms with E-state index in [9.17, 15) is 9.18 Å². The van der Waals surface area contributed by atoms with Gasteiger partial charge in [0.05, 0.1) is 11.7 Å². The van der Waals surface area contributed by atoms with Crippen LogP contribution in [-0.2, 0) is 0 Å². The smallest absolute Gasteiger partial charge is 0.273 e. The van der Waals surface area contributed by atoms with E-state index in [4.69, 9.17) is 11.6 Å². The Labute approximate surface area is 162 Å². The largest absolute Gasteiger partial charge is 0.326 e. The number of nitrogens with one attached hydrogen (secondary N) is 1. The Bertz CT molecular complexity index is 983. The Balaban J connectivity index is 1.86. The third kappa shape index (κ3) is 3.12. The predicted molar refractivity (Wildman–Crippen MR) is 103 cm³/mol. The minimum absolute atomic E-state index is 0.0968. The number of amides is 1. The number of aromatic amines is 1. The average Bonchev–Trinajstić information content (AvgIpc) is 3.20. The van der Waals surface area contributed by atoms with Crippen molar-refractivity contribution in [3.8, 4) is 11.3 Å². The van der Waals surface area contributed by atoms with Crippen LogP contribution in [-0.4, -0.2) is 27.5 Å². The van der Waals surface area contributed by atoms with Gasteiger partial charge in [0, 0.05) is 22.7 Å². The number of fused-ring (bicyclic) bond motifs is 1. The van der Waals surface area contributed by atoms with Crippen LogP contribution in [0.5, 0.6) is 0 Å². The van der Waals surface area contributed by atoms with E-state index in [2.05, 4.69) is 17.1 Å². The van der Waals surface area contributed by atoms with Gasteiger partial charge in [-0.3, -0.25) is 9.89 Å². The lowest BCUT2D eigenvalue weighted by Gasteiger charge is -2.26. The summed E-state index contributed by atoms with van der Waals surface area (Å²) >= 11 is 6.00. The summed E-state index contributed by atoms with van der Waals surface area (Å²) in [6, 6.07) is 13.4. The number of rotatable bonds is 5. The van der Waals surface area contributed by atoms with Crippen LogP contribution in [0.3, 0.4) is 0 Å². The molecule has 0 aliphatic carbocycles. The molecule has 0 spiro atoms. The van der Waals surface area contributed by atoms with E-state index in [0.29, 0.717) is 23.0 Å². The van der Waals surface area contributed by atoms with Crippen molar-refractivity contribution in [1.29, 1.82) is 0 Å². The summed E-state index contributed by atoms with van der Waals surface area (Å²) < 4.78 is 13.9. The van der Waals surface area contributed by atoms with Crippen LogP contribution in [0.1, 0.15) is 47.4 Å². The molecule has 1 atom stereocenters. The molecular formula is C21H19ClFN3O. The van der Waals surface area contributed by atoms with Crippen molar-refractivity contribution in [1.82, 2.24) is 15.1 Å². The summed E-state index contributed by atoms with van der Waals surface area (Å²) in [6.45, 7) is 2.69. The van der Waals surface area contributed by atoms with Crippen molar-refractivity contribution in [2.75, 3.05) is 6.54 Å². The first-order valence-electron chi connectivity index (χ1n) is 9.00. The monoisotopic (exact) mass is 383 g/mol. The van der Waals surface area contributed by atoms with Gasteiger partial charge in [0.25, 0.3) is 5.91 Å². The van der Waals surface area contributed by atoms with Crippen LogP contribution in [0.25, 0.3) is 11.3 Å². The summed E-state index contributed by atoms with van der Waals surface area (Å²) in [6.07, 6.45) is 1.85. The van der Waals surface area contributed by atoms with Gasteiger partial charge in [-0.25, -0.2) is 4.39 Å². The summed E-state index contributed by atoms with van der Waals surface area (Å²) in [5.41, 5.74) is 3.58. The lowest BCUT2D eigenvalue weighted by molar-refractivity contribution is 0.0741. The molecular weight excluding hydrogens is 365 g/mol. The van der Waals surface area contributed by atoms with E-state index in [1.54, 1.807) is 23.1 Å². The number of carbonyl (C=O) groups is 1. The molecule has 4 nitrogen and oxygen atoms in total. The second-order valence-corrected chi connectivity index (χ2v) is 7.11. The highest BCUT2D eigenvalue weighted by atomic mass is 35.5. The Morgan fingerprint density at radius 2 is 2.00 bits per heavy atom. The van der Waals surface area contributed by atoms with Gasteiger partial charge in [-0.15, -0.1) is 0 Å². The highest BCUT2D eigenvalue weighted by molar-refractivity contribution is 6.30. The molecule has 3 aromatic rings. The molecule has 1 N–H and O–H groups in total. The first kappa shape index (κ1) is 17.7. The number of hydrogen-bond donors (Lipinski definition) is 1. The van der Waals surface area contributed by atoms with E-state index in [1.165, 1.54) is 12.1 Å². The maximum atomic E-state index is 13.9. The number of nitrogens with zero attached hydrogens (tertiary/aromatic N) is 2. The molecule has 1 aliphatic rings. The number of benzene rings is 2. The zero-order valence-electron chi connectivity index (χ0n) is 14.9. The maximum Gasteiger partial charge on any atom is 0.273 e. The SMILES string of the molecule is CCCCN1C(=O)c2[nH]nc(-c3ccc(Cl)cc3)c2C1c1cccc(F)c1. The van der Waals surface area contributed by atoms with Crippen LogP contribution < -0.4 is 0 Å². The van der Waals surface area contributed by atoms with Crippen molar-refractivity contribution in [3.63, 3.8) is 0 Å². The summed E-state index contributed by atoms with van der Waals surface area (Å²) in [4.78, 5) is 14.8. The van der Waals surface area contributed by atoms with Crippen molar-refractivity contribution in [2.45, 2.75) is 25.8 Å². The summed E-state index contributed by atoms with van der Waals surface area (Å²) in [5.74, 6) is -0.416. The number of hydrogen-bond acceptors (Lipinski definition) is 2. The third-order valence-electron chi connectivity index (χ3n) is 4.90. The number of carbonyl (C=O) groups excluding carboxylic acids is 1. The molecule has 4 rings (SSSR count). The second kappa shape index (κ2) is 7.16. The number of H-pyrrole nitrogens is 1. The fraction of sp³-hybridized carbons (Fsp3) is 0.238. The number of unbranched alkanes of at least 4 members (excludes halogenated alkanes) is 1. The summed E-state index contributed by atoms with van der Waals surface area (Å²) in [7, 11) is 0. The first-order chi connectivity index (χ1) is 13.1. The molecule has 0 radical (unpaired) electrons. The predicted octanol–water partition coefficient (Wildman–Crippen LogP) is 5.21. The Morgan fingerprint density at radius 1 is 1.22 bits per heavy atom. The minimum Gasteiger partial charge on any atom is -0.326 e. The second-order valence-electron chi connectivity index (χ2n) is 6.68. The van der Waals surface area contributed by atoms with Gasteiger partial charge in [0.15, 0.2) is 0 Å². The Kier molecular flexibility index (Phi) is 4.70. The molecule has 1 amide bonds. The molecule has 27 heavy (non-hydrogen) atoms. The molecule has 0 fully saturated rings. The minimum atomic E-state index is -0.362. The Morgan fingerprint density at radius 3 is 2.70 bits per heavy atom. The Hall–Kier alpha value is -2.66. The van der Waals surface area contributed by atoms with E-state index in [1.807, 2.05) is 18.2 Å². The van der Waals surface area contributed by atoms with Crippen LogP contribution in [0.4, 0.5) is 4.39 Å². The van der Waals surface area contributed by atoms with Crippen LogP contribution in [0.15, 0.2) is 48.5 Å².